The molecule has 11 nitrogen and oxygen atoms in total. The van der Waals surface area contributed by atoms with Gasteiger partial charge in [0.05, 0.1) is 12.7 Å². The van der Waals surface area contributed by atoms with E-state index in [-0.39, 0.29) is 22.9 Å². The number of nitrogens with zero attached hydrogens (tertiary/aromatic N) is 3. The van der Waals surface area contributed by atoms with Gasteiger partial charge in [0.15, 0.2) is 6.29 Å². The lowest BCUT2D eigenvalue weighted by Gasteiger charge is -2.43. The first-order chi connectivity index (χ1) is 17.2. The maximum Gasteiger partial charge on any atom is 0.396 e. The number of esters is 2. The van der Waals surface area contributed by atoms with Crippen LogP contribution in [0.5, 0.6) is 5.75 Å². The number of rotatable bonds is 4. The van der Waals surface area contributed by atoms with E-state index >= 15 is 0 Å². The average molecular weight is 498 g/mol. The number of hydrogen-bond donors (Lipinski definition) is 0. The van der Waals surface area contributed by atoms with Crippen molar-refractivity contribution in [3.63, 3.8) is 0 Å². The van der Waals surface area contributed by atoms with Crippen LogP contribution in [0.4, 0.5) is 0 Å². The first-order valence-electron chi connectivity index (χ1n) is 11.8. The van der Waals surface area contributed by atoms with Gasteiger partial charge in [-0.2, -0.15) is 0 Å². The fourth-order valence-corrected chi connectivity index (χ4v) is 5.27. The van der Waals surface area contributed by atoms with E-state index in [2.05, 4.69) is 4.74 Å². The molecule has 0 spiro atoms. The third kappa shape index (κ3) is 3.88. The highest BCUT2D eigenvalue weighted by Crippen LogP contribution is 2.47. The maximum atomic E-state index is 13.9. The summed E-state index contributed by atoms with van der Waals surface area (Å²) in [7, 11) is 2.66. The predicted molar refractivity (Wildman–Crippen MR) is 123 cm³/mol. The van der Waals surface area contributed by atoms with Gasteiger partial charge < -0.3 is 23.8 Å². The summed E-state index contributed by atoms with van der Waals surface area (Å²) in [6.45, 7) is 2.04. The first kappa shape index (κ1) is 24.1. The Morgan fingerprint density at radius 1 is 1.14 bits per heavy atom. The standard InChI is InChI=1S/C25H27N3O8/c1-14-34-23(35-14)17-18(36-21(31)16-7-5-4-6-8-16)19(29)28-13-15-9-11-25(12-10-15,24(28)26-17)27(2)20(30)22(32)33-3/h4-8,14-15,23H,9-13H2,1-3H3. The Kier molecular flexibility index (Phi) is 6.13. The van der Waals surface area contributed by atoms with Crippen LogP contribution in [-0.2, 0) is 35.9 Å². The van der Waals surface area contributed by atoms with E-state index in [1.807, 2.05) is 0 Å². The molecule has 2 fully saturated rings. The average Bonchev–Trinajstić information content (AvgIpc) is 3.14. The van der Waals surface area contributed by atoms with Gasteiger partial charge in [-0.15, -0.1) is 0 Å². The zero-order chi connectivity index (χ0) is 25.6. The van der Waals surface area contributed by atoms with Gasteiger partial charge in [0.1, 0.15) is 17.1 Å². The highest BCUT2D eigenvalue weighted by molar-refractivity contribution is 6.32. The van der Waals surface area contributed by atoms with E-state index in [0.29, 0.717) is 25.2 Å². The van der Waals surface area contributed by atoms with Crippen molar-refractivity contribution in [1.82, 2.24) is 14.5 Å². The molecule has 11 heteroatoms. The molecule has 1 aliphatic carbocycles. The minimum Gasteiger partial charge on any atom is -0.462 e. The second-order valence-corrected chi connectivity index (χ2v) is 9.32. The van der Waals surface area contributed by atoms with Gasteiger partial charge in [-0.25, -0.2) is 14.6 Å². The third-order valence-electron chi connectivity index (χ3n) is 7.31. The Hall–Kier alpha value is -3.57. The summed E-state index contributed by atoms with van der Waals surface area (Å²) in [5.74, 6) is -2.34. The molecule has 1 saturated heterocycles. The Morgan fingerprint density at radius 2 is 1.81 bits per heavy atom. The SMILES string of the molecule is COC(=O)C(=O)N(C)C12CCC(CC1)Cn1c2nc(C2OC(C)O2)c(OC(=O)c2ccccc2)c1=O. The van der Waals surface area contributed by atoms with Gasteiger partial charge in [-0.3, -0.25) is 14.2 Å². The molecule has 0 atom stereocenters. The Morgan fingerprint density at radius 3 is 2.42 bits per heavy atom. The van der Waals surface area contributed by atoms with Crippen molar-refractivity contribution in [2.24, 2.45) is 5.92 Å². The zero-order valence-electron chi connectivity index (χ0n) is 20.3. The summed E-state index contributed by atoms with van der Waals surface area (Å²) in [6, 6.07) is 8.30. The molecule has 2 bridgehead atoms. The van der Waals surface area contributed by atoms with Crippen LogP contribution in [0.2, 0.25) is 0 Å². The molecule has 0 radical (unpaired) electrons. The number of methoxy groups -OCH3 is 1. The smallest absolute Gasteiger partial charge is 0.396 e. The molecule has 4 heterocycles. The Bertz CT molecular complexity index is 1260. The maximum absolute atomic E-state index is 13.9. The Balaban J connectivity index is 1.65. The molecule has 0 unspecified atom stereocenters. The van der Waals surface area contributed by atoms with E-state index < -0.39 is 41.5 Å². The molecular weight excluding hydrogens is 470 g/mol. The van der Waals surface area contributed by atoms with Crippen molar-refractivity contribution in [3.8, 4) is 5.75 Å². The van der Waals surface area contributed by atoms with Crippen molar-refractivity contribution >= 4 is 17.8 Å². The van der Waals surface area contributed by atoms with Crippen molar-refractivity contribution in [2.45, 2.75) is 57.3 Å². The van der Waals surface area contributed by atoms with E-state index in [9.17, 15) is 19.2 Å². The molecule has 190 valence electrons. The number of fused-ring (bicyclic) bond motifs is 2. The predicted octanol–water partition coefficient (Wildman–Crippen LogP) is 1.88. The van der Waals surface area contributed by atoms with Crippen LogP contribution in [-0.4, -0.2) is 52.7 Å². The number of amides is 1. The van der Waals surface area contributed by atoms with E-state index in [1.165, 1.54) is 16.5 Å². The number of aromatic nitrogens is 2. The summed E-state index contributed by atoms with van der Waals surface area (Å²) in [5, 5.41) is 0. The molecule has 6 rings (SSSR count). The molecule has 3 aliphatic heterocycles. The van der Waals surface area contributed by atoms with E-state index in [1.54, 1.807) is 37.3 Å². The third-order valence-corrected chi connectivity index (χ3v) is 7.31. The molecular formula is C25H27N3O8. The fourth-order valence-electron chi connectivity index (χ4n) is 5.27. The summed E-state index contributed by atoms with van der Waals surface area (Å²) < 4.78 is 23.0. The quantitative estimate of drug-likeness (QED) is 0.460. The molecule has 36 heavy (non-hydrogen) atoms. The van der Waals surface area contributed by atoms with Gasteiger partial charge >= 0.3 is 17.8 Å². The van der Waals surface area contributed by atoms with Crippen molar-refractivity contribution in [3.05, 3.63) is 57.8 Å². The number of hydrogen-bond acceptors (Lipinski definition) is 9. The molecule has 1 aromatic heterocycles. The summed E-state index contributed by atoms with van der Waals surface area (Å²) >= 11 is 0. The van der Waals surface area contributed by atoms with Crippen molar-refractivity contribution < 1.29 is 33.3 Å². The number of benzene rings is 1. The van der Waals surface area contributed by atoms with E-state index in [0.717, 1.165) is 20.0 Å². The summed E-state index contributed by atoms with van der Waals surface area (Å²) in [5.41, 5.74) is -1.30. The van der Waals surface area contributed by atoms with Crippen LogP contribution < -0.4 is 10.3 Å². The lowest BCUT2D eigenvalue weighted by molar-refractivity contribution is -0.384. The van der Waals surface area contributed by atoms with Gasteiger partial charge in [0.25, 0.3) is 5.56 Å². The van der Waals surface area contributed by atoms with Crippen molar-refractivity contribution in [2.75, 3.05) is 14.2 Å². The van der Waals surface area contributed by atoms with Crippen LogP contribution in [0, 0.1) is 5.92 Å². The second kappa shape index (κ2) is 9.14. The monoisotopic (exact) mass is 497 g/mol. The number of carbonyl (C=O) groups is 3. The van der Waals surface area contributed by atoms with Crippen LogP contribution in [0.3, 0.4) is 0 Å². The number of carbonyl (C=O) groups excluding carboxylic acids is 3. The minimum absolute atomic E-state index is 0.0253. The zero-order valence-corrected chi connectivity index (χ0v) is 20.3. The van der Waals surface area contributed by atoms with Gasteiger partial charge in [-0.1, -0.05) is 18.2 Å². The molecule has 1 aromatic carbocycles. The first-order valence-corrected chi connectivity index (χ1v) is 11.8. The highest BCUT2D eigenvalue weighted by atomic mass is 16.9. The number of likely N-dealkylation sites (N-methyl/N-ethyl adjacent to an activating group) is 1. The number of ether oxygens (including phenoxy) is 4. The van der Waals surface area contributed by atoms with Crippen LogP contribution >= 0.6 is 0 Å². The molecule has 1 amide bonds. The molecule has 0 N–H and O–H groups in total. The minimum atomic E-state index is -1.02. The lowest BCUT2D eigenvalue weighted by Crippen LogP contribution is -2.53. The van der Waals surface area contributed by atoms with Crippen LogP contribution in [0.15, 0.2) is 35.1 Å². The lowest BCUT2D eigenvalue weighted by atomic mass is 9.76. The van der Waals surface area contributed by atoms with Crippen LogP contribution in [0.25, 0.3) is 0 Å². The highest BCUT2D eigenvalue weighted by Gasteiger charge is 2.51. The van der Waals surface area contributed by atoms with Crippen molar-refractivity contribution in [1.29, 1.82) is 0 Å². The van der Waals surface area contributed by atoms with Gasteiger partial charge in [-0.05, 0) is 50.7 Å². The molecule has 1 saturated carbocycles. The normalized spacial score (nSPS) is 26.2. The topological polar surface area (TPSA) is 126 Å². The van der Waals surface area contributed by atoms with Gasteiger partial charge in [0, 0.05) is 13.6 Å². The summed E-state index contributed by atoms with van der Waals surface area (Å²) in [6.07, 6.45) is 0.928. The Labute approximate surface area is 206 Å². The summed E-state index contributed by atoms with van der Waals surface area (Å²) in [4.78, 5) is 57.8. The fraction of sp³-hybridized carbons (Fsp3) is 0.480. The molecule has 2 aromatic rings. The van der Waals surface area contributed by atoms with Crippen LogP contribution in [0.1, 0.15) is 60.8 Å². The van der Waals surface area contributed by atoms with E-state index in [4.69, 9.17) is 19.2 Å². The van der Waals surface area contributed by atoms with Gasteiger partial charge in [0.2, 0.25) is 12.0 Å². The molecule has 4 aliphatic rings. The largest absolute Gasteiger partial charge is 0.462 e. The second-order valence-electron chi connectivity index (χ2n) is 9.32.